The van der Waals surface area contributed by atoms with Crippen LogP contribution >= 0.6 is 47.2 Å². The molecule has 0 N–H and O–H groups in total. The summed E-state index contributed by atoms with van der Waals surface area (Å²) in [6, 6.07) is 17.9. The minimum atomic E-state index is -0.242. The summed E-state index contributed by atoms with van der Waals surface area (Å²) in [5, 5.41) is 1.05. The second-order valence-electron chi connectivity index (χ2n) is 7.09. The molecule has 0 saturated carbocycles. The average Bonchev–Trinajstić information content (AvgIpc) is 3.11. The number of thiocarbonyl (C=S) groups is 1. The van der Waals surface area contributed by atoms with E-state index in [-0.39, 0.29) is 12.5 Å². The number of rotatable bonds is 7. The van der Waals surface area contributed by atoms with E-state index in [4.69, 9.17) is 49.6 Å². The zero-order valence-electron chi connectivity index (χ0n) is 18.2. The summed E-state index contributed by atoms with van der Waals surface area (Å²) in [5.41, 5.74) is 2.03. The Morgan fingerprint density at radius 3 is 2.47 bits per heavy atom. The lowest BCUT2D eigenvalue weighted by Crippen LogP contribution is -2.27. The molecule has 0 spiro atoms. The summed E-state index contributed by atoms with van der Waals surface area (Å²) in [5.74, 6) is 1.33. The van der Waals surface area contributed by atoms with Gasteiger partial charge < -0.3 is 14.2 Å². The van der Waals surface area contributed by atoms with Crippen LogP contribution in [-0.2, 0) is 11.4 Å². The number of amides is 1. The van der Waals surface area contributed by atoms with Crippen LogP contribution in [0.15, 0.2) is 65.6 Å². The molecule has 9 heteroatoms. The zero-order chi connectivity index (χ0) is 24.2. The van der Waals surface area contributed by atoms with Gasteiger partial charge in [-0.25, -0.2) is 0 Å². The Labute approximate surface area is 217 Å². The lowest BCUT2D eigenvalue weighted by Gasteiger charge is -2.17. The molecular weight excluding hydrogens is 513 g/mol. The number of carbonyl (C=O) groups excluding carboxylic acids is 1. The largest absolute Gasteiger partial charge is 0.495 e. The van der Waals surface area contributed by atoms with E-state index in [2.05, 4.69) is 0 Å². The van der Waals surface area contributed by atoms with Gasteiger partial charge in [0.05, 0.1) is 24.8 Å². The van der Waals surface area contributed by atoms with Crippen molar-refractivity contribution in [3.63, 3.8) is 0 Å². The number of para-hydroxylation sites is 3. The molecule has 1 amide bonds. The molecule has 34 heavy (non-hydrogen) atoms. The quantitative estimate of drug-likeness (QED) is 0.241. The Balaban J connectivity index is 1.66. The SMILES string of the molecule is COc1ccccc1N1C(=O)/C(=C\c2cccc(OC)c2OCc2ccc(Cl)cc2Cl)SC1=S. The van der Waals surface area contributed by atoms with E-state index in [0.29, 0.717) is 47.8 Å². The molecule has 0 bridgehead atoms. The number of thioether (sulfide) groups is 1. The van der Waals surface area contributed by atoms with Crippen LogP contribution in [0.25, 0.3) is 6.08 Å². The first kappa shape index (κ1) is 24.4. The molecule has 0 atom stereocenters. The Morgan fingerprint density at radius 2 is 1.74 bits per heavy atom. The Kier molecular flexibility index (Phi) is 7.68. The van der Waals surface area contributed by atoms with Gasteiger partial charge in [-0.1, -0.05) is 77.5 Å². The zero-order valence-corrected chi connectivity index (χ0v) is 21.4. The maximum atomic E-state index is 13.3. The second kappa shape index (κ2) is 10.7. The number of nitrogens with zero attached hydrogens (tertiary/aromatic N) is 1. The number of anilines is 1. The first-order valence-corrected chi connectivity index (χ1v) is 12.1. The summed E-state index contributed by atoms with van der Waals surface area (Å²) < 4.78 is 17.4. The molecule has 1 aliphatic heterocycles. The summed E-state index contributed by atoms with van der Waals surface area (Å²) in [6.45, 7) is 0.194. The molecule has 1 heterocycles. The molecule has 174 valence electrons. The average molecular weight is 532 g/mol. The van der Waals surface area contributed by atoms with E-state index in [0.717, 1.165) is 5.56 Å². The molecule has 3 aromatic carbocycles. The summed E-state index contributed by atoms with van der Waals surface area (Å²) in [6.07, 6.45) is 1.75. The molecule has 4 rings (SSSR count). The molecular formula is C25H19Cl2NO4S2. The van der Waals surface area contributed by atoms with E-state index in [9.17, 15) is 4.79 Å². The highest BCUT2D eigenvalue weighted by atomic mass is 35.5. The minimum Gasteiger partial charge on any atom is -0.495 e. The van der Waals surface area contributed by atoms with Crippen LogP contribution < -0.4 is 19.1 Å². The molecule has 1 fully saturated rings. The Hall–Kier alpha value is -2.71. The molecule has 5 nitrogen and oxygen atoms in total. The van der Waals surface area contributed by atoms with Gasteiger partial charge in [0.1, 0.15) is 12.4 Å². The highest BCUT2D eigenvalue weighted by molar-refractivity contribution is 8.27. The Bertz CT molecular complexity index is 1300. The number of hydrogen-bond donors (Lipinski definition) is 0. The van der Waals surface area contributed by atoms with Crippen LogP contribution in [0.5, 0.6) is 17.2 Å². The van der Waals surface area contributed by atoms with Crippen molar-refractivity contribution in [3.05, 3.63) is 86.7 Å². The van der Waals surface area contributed by atoms with Gasteiger partial charge in [0.15, 0.2) is 15.8 Å². The number of carbonyl (C=O) groups is 1. The van der Waals surface area contributed by atoms with Gasteiger partial charge in [0.25, 0.3) is 5.91 Å². The number of ether oxygens (including phenoxy) is 3. The van der Waals surface area contributed by atoms with Crippen molar-refractivity contribution in [2.45, 2.75) is 6.61 Å². The monoisotopic (exact) mass is 531 g/mol. The van der Waals surface area contributed by atoms with E-state index < -0.39 is 0 Å². The van der Waals surface area contributed by atoms with Crippen LogP contribution in [-0.4, -0.2) is 24.4 Å². The molecule has 1 saturated heterocycles. The molecule has 3 aromatic rings. The van der Waals surface area contributed by atoms with Crippen molar-refractivity contribution in [3.8, 4) is 17.2 Å². The maximum Gasteiger partial charge on any atom is 0.270 e. The summed E-state index contributed by atoms with van der Waals surface area (Å²) >= 11 is 19.0. The van der Waals surface area contributed by atoms with E-state index >= 15 is 0 Å². The third-order valence-corrected chi connectivity index (χ3v) is 6.91. The fourth-order valence-corrected chi connectivity index (χ4v) is 5.12. The molecule has 0 unspecified atom stereocenters. The minimum absolute atomic E-state index is 0.194. The van der Waals surface area contributed by atoms with Crippen LogP contribution in [0, 0.1) is 0 Å². The van der Waals surface area contributed by atoms with Crippen LogP contribution in [0.4, 0.5) is 5.69 Å². The topological polar surface area (TPSA) is 48.0 Å². The third kappa shape index (κ3) is 5.03. The van der Waals surface area contributed by atoms with Crippen LogP contribution in [0.1, 0.15) is 11.1 Å². The van der Waals surface area contributed by atoms with Crippen molar-refractivity contribution in [1.82, 2.24) is 0 Å². The van der Waals surface area contributed by atoms with Gasteiger partial charge >= 0.3 is 0 Å². The van der Waals surface area contributed by atoms with Crippen molar-refractivity contribution in [2.75, 3.05) is 19.1 Å². The molecule has 0 radical (unpaired) electrons. The lowest BCUT2D eigenvalue weighted by molar-refractivity contribution is -0.113. The van der Waals surface area contributed by atoms with Crippen LogP contribution in [0.2, 0.25) is 10.0 Å². The molecule has 0 aliphatic carbocycles. The number of methoxy groups -OCH3 is 2. The summed E-state index contributed by atoms with van der Waals surface area (Å²) in [7, 11) is 3.11. The van der Waals surface area contributed by atoms with Crippen molar-refractivity contribution in [1.29, 1.82) is 0 Å². The number of halogens is 2. The second-order valence-corrected chi connectivity index (χ2v) is 9.61. The smallest absolute Gasteiger partial charge is 0.270 e. The predicted octanol–water partition coefficient (Wildman–Crippen LogP) is 7.00. The van der Waals surface area contributed by atoms with Gasteiger partial charge in [-0.3, -0.25) is 9.69 Å². The lowest BCUT2D eigenvalue weighted by atomic mass is 10.1. The normalized spacial score (nSPS) is 14.6. The van der Waals surface area contributed by atoms with Crippen molar-refractivity contribution in [2.24, 2.45) is 0 Å². The van der Waals surface area contributed by atoms with Gasteiger partial charge in [-0.05, 0) is 36.4 Å². The van der Waals surface area contributed by atoms with Gasteiger partial charge in [-0.15, -0.1) is 0 Å². The van der Waals surface area contributed by atoms with Crippen LogP contribution in [0.3, 0.4) is 0 Å². The van der Waals surface area contributed by atoms with E-state index in [1.54, 1.807) is 56.7 Å². The molecule has 0 aromatic heterocycles. The number of hydrogen-bond acceptors (Lipinski definition) is 6. The van der Waals surface area contributed by atoms with Gasteiger partial charge in [0.2, 0.25) is 0 Å². The highest BCUT2D eigenvalue weighted by Gasteiger charge is 2.35. The summed E-state index contributed by atoms with van der Waals surface area (Å²) in [4.78, 5) is 15.2. The fourth-order valence-electron chi connectivity index (χ4n) is 3.38. The fraction of sp³-hybridized carbons (Fsp3) is 0.120. The van der Waals surface area contributed by atoms with Gasteiger partial charge in [-0.2, -0.15) is 0 Å². The van der Waals surface area contributed by atoms with Gasteiger partial charge in [0, 0.05) is 21.2 Å². The first-order valence-electron chi connectivity index (χ1n) is 10.1. The highest BCUT2D eigenvalue weighted by Crippen LogP contribution is 2.41. The first-order chi connectivity index (χ1) is 16.4. The maximum absolute atomic E-state index is 13.3. The number of benzene rings is 3. The van der Waals surface area contributed by atoms with E-state index in [1.807, 2.05) is 24.3 Å². The van der Waals surface area contributed by atoms with Crippen molar-refractivity contribution < 1.29 is 19.0 Å². The third-order valence-electron chi connectivity index (χ3n) is 5.02. The van der Waals surface area contributed by atoms with Crippen molar-refractivity contribution >= 4 is 69.2 Å². The van der Waals surface area contributed by atoms with E-state index in [1.165, 1.54) is 16.7 Å². The molecule has 1 aliphatic rings. The predicted molar refractivity (Wildman–Crippen MR) is 142 cm³/mol. The standard InChI is InChI=1S/C25H19Cl2NO4S2/c1-30-20-8-4-3-7-19(20)28-24(29)22(34-25(28)33)12-15-6-5-9-21(31-2)23(15)32-14-16-10-11-17(26)13-18(16)27/h3-13H,14H2,1-2H3/b22-12+. The Morgan fingerprint density at radius 1 is 1.00 bits per heavy atom.